The third-order valence-electron chi connectivity index (χ3n) is 1.79. The minimum absolute atomic E-state index is 0.591. The fourth-order valence-electron chi connectivity index (χ4n) is 1.09. The molecule has 1 rings (SSSR count). The molecule has 0 bridgehead atoms. The first kappa shape index (κ1) is 10.2. The first-order chi connectivity index (χ1) is 6.24. The van der Waals surface area contributed by atoms with Crippen LogP contribution in [0.4, 0.5) is 0 Å². The van der Waals surface area contributed by atoms with Gasteiger partial charge in [-0.2, -0.15) is 0 Å². The molecule has 0 heterocycles. The van der Waals surface area contributed by atoms with Crippen LogP contribution in [0.15, 0.2) is 30.8 Å². The number of benzene rings is 1. The van der Waals surface area contributed by atoms with E-state index in [0.717, 1.165) is 0 Å². The van der Waals surface area contributed by atoms with Crippen molar-refractivity contribution in [3.63, 3.8) is 0 Å². The Kier molecular flexibility index (Phi) is 3.93. The van der Waals surface area contributed by atoms with E-state index >= 15 is 0 Å². The summed E-state index contributed by atoms with van der Waals surface area (Å²) in [5.74, 6) is 0. The summed E-state index contributed by atoms with van der Waals surface area (Å²) in [5, 5.41) is 0. The van der Waals surface area contributed by atoms with Gasteiger partial charge >= 0.3 is 0 Å². The molecule has 0 saturated heterocycles. The molecule has 0 aliphatic carbocycles. The van der Waals surface area contributed by atoms with Gasteiger partial charge in [-0.1, -0.05) is 36.9 Å². The monoisotopic (exact) mass is 191 g/mol. The van der Waals surface area contributed by atoms with Crippen molar-refractivity contribution in [1.82, 2.24) is 0 Å². The highest BCUT2D eigenvalue weighted by Crippen LogP contribution is 2.11. The highest BCUT2D eigenvalue weighted by atomic mass is 28.3. The molecular weight excluding hydrogens is 176 g/mol. The SMILES string of the molecule is C=Cc1ccccc1CO[Si](C)C. The van der Waals surface area contributed by atoms with Crippen LogP contribution < -0.4 is 0 Å². The topological polar surface area (TPSA) is 9.23 Å². The fourth-order valence-corrected chi connectivity index (χ4v) is 1.53. The van der Waals surface area contributed by atoms with E-state index in [4.69, 9.17) is 4.43 Å². The molecule has 13 heavy (non-hydrogen) atoms. The van der Waals surface area contributed by atoms with Crippen LogP contribution in [-0.2, 0) is 11.0 Å². The molecule has 69 valence electrons. The van der Waals surface area contributed by atoms with E-state index in [9.17, 15) is 0 Å². The van der Waals surface area contributed by atoms with Gasteiger partial charge in [0.15, 0.2) is 0 Å². The van der Waals surface area contributed by atoms with Gasteiger partial charge in [-0.25, -0.2) is 0 Å². The second-order valence-electron chi connectivity index (χ2n) is 3.10. The van der Waals surface area contributed by atoms with Crippen molar-refractivity contribution in [1.29, 1.82) is 0 Å². The van der Waals surface area contributed by atoms with Crippen LogP contribution >= 0.6 is 0 Å². The first-order valence-electron chi connectivity index (χ1n) is 4.37. The van der Waals surface area contributed by atoms with E-state index in [1.54, 1.807) is 0 Å². The van der Waals surface area contributed by atoms with Crippen LogP contribution in [0.1, 0.15) is 11.1 Å². The Bertz CT molecular complexity index is 281. The Balaban J connectivity index is 2.69. The molecule has 1 nitrogen and oxygen atoms in total. The minimum atomic E-state index is -0.591. The smallest absolute Gasteiger partial charge is 0.205 e. The summed E-state index contributed by atoms with van der Waals surface area (Å²) in [4.78, 5) is 0. The molecular formula is C11H15OSi. The quantitative estimate of drug-likeness (QED) is 0.664. The summed E-state index contributed by atoms with van der Waals surface area (Å²) >= 11 is 0. The van der Waals surface area contributed by atoms with Gasteiger partial charge in [0.2, 0.25) is 9.04 Å². The average molecular weight is 191 g/mol. The van der Waals surface area contributed by atoms with E-state index in [1.807, 2.05) is 18.2 Å². The van der Waals surface area contributed by atoms with Gasteiger partial charge in [0.25, 0.3) is 0 Å². The van der Waals surface area contributed by atoms with E-state index < -0.39 is 9.04 Å². The second kappa shape index (κ2) is 4.99. The van der Waals surface area contributed by atoms with E-state index in [0.29, 0.717) is 6.61 Å². The lowest BCUT2D eigenvalue weighted by atomic mass is 10.1. The molecule has 0 saturated carbocycles. The van der Waals surface area contributed by atoms with Gasteiger partial charge in [-0.05, 0) is 24.2 Å². The molecule has 0 aliphatic heterocycles. The molecule has 0 spiro atoms. The van der Waals surface area contributed by atoms with E-state index in [2.05, 4.69) is 31.8 Å². The third-order valence-corrected chi connectivity index (χ3v) is 2.51. The molecule has 0 amide bonds. The zero-order valence-corrected chi connectivity index (χ0v) is 9.21. The summed E-state index contributed by atoms with van der Waals surface area (Å²) in [6.45, 7) is 8.76. The summed E-state index contributed by atoms with van der Waals surface area (Å²) in [6.07, 6.45) is 1.87. The predicted molar refractivity (Wildman–Crippen MR) is 58.8 cm³/mol. The largest absolute Gasteiger partial charge is 0.413 e. The Morgan fingerprint density at radius 3 is 2.69 bits per heavy atom. The normalized spacial score (nSPS) is 10.4. The maximum absolute atomic E-state index is 5.62. The highest BCUT2D eigenvalue weighted by molar-refractivity contribution is 6.48. The molecule has 0 aliphatic rings. The third kappa shape index (κ3) is 3.17. The number of rotatable bonds is 4. The first-order valence-corrected chi connectivity index (χ1v) is 6.78. The summed E-state index contributed by atoms with van der Waals surface area (Å²) in [7, 11) is -0.591. The molecule has 0 unspecified atom stereocenters. The van der Waals surface area contributed by atoms with Crippen LogP contribution in [0.3, 0.4) is 0 Å². The van der Waals surface area contributed by atoms with Gasteiger partial charge in [-0.3, -0.25) is 0 Å². The highest BCUT2D eigenvalue weighted by Gasteiger charge is 2.00. The van der Waals surface area contributed by atoms with Gasteiger partial charge in [0.05, 0.1) is 6.61 Å². The fraction of sp³-hybridized carbons (Fsp3) is 0.273. The maximum atomic E-state index is 5.62. The second-order valence-corrected chi connectivity index (χ2v) is 5.21. The molecule has 0 N–H and O–H groups in total. The van der Waals surface area contributed by atoms with Crippen molar-refractivity contribution in [3.05, 3.63) is 42.0 Å². The van der Waals surface area contributed by atoms with E-state index in [1.165, 1.54) is 11.1 Å². The van der Waals surface area contributed by atoms with Crippen LogP contribution in [0, 0.1) is 0 Å². The van der Waals surface area contributed by atoms with Gasteiger partial charge < -0.3 is 4.43 Å². The molecule has 0 aromatic heterocycles. The van der Waals surface area contributed by atoms with Crippen molar-refractivity contribution in [2.24, 2.45) is 0 Å². The van der Waals surface area contributed by atoms with Gasteiger partial charge in [0.1, 0.15) is 0 Å². The standard InChI is InChI=1S/C11H15OSi/c1-4-10-7-5-6-8-11(10)9-12-13(2)3/h4-8H,1,9H2,2-3H3. The predicted octanol–water partition coefficient (Wildman–Crippen LogP) is 3.10. The maximum Gasteiger partial charge on any atom is 0.205 e. The van der Waals surface area contributed by atoms with Crippen molar-refractivity contribution in [3.8, 4) is 0 Å². The van der Waals surface area contributed by atoms with Crippen molar-refractivity contribution in [2.45, 2.75) is 19.7 Å². The minimum Gasteiger partial charge on any atom is -0.413 e. The molecule has 1 aromatic carbocycles. The van der Waals surface area contributed by atoms with Crippen LogP contribution in [0.25, 0.3) is 6.08 Å². The lowest BCUT2D eigenvalue weighted by Crippen LogP contribution is -2.07. The molecule has 0 atom stereocenters. The van der Waals surface area contributed by atoms with Crippen LogP contribution in [0.2, 0.25) is 13.1 Å². The Morgan fingerprint density at radius 2 is 2.08 bits per heavy atom. The summed E-state index contributed by atoms with van der Waals surface area (Å²) in [6, 6.07) is 8.19. The lowest BCUT2D eigenvalue weighted by Gasteiger charge is -2.08. The van der Waals surface area contributed by atoms with E-state index in [-0.39, 0.29) is 0 Å². The summed E-state index contributed by atoms with van der Waals surface area (Å²) in [5.41, 5.74) is 2.40. The van der Waals surface area contributed by atoms with Crippen molar-refractivity contribution < 1.29 is 4.43 Å². The lowest BCUT2D eigenvalue weighted by molar-refractivity contribution is 0.314. The number of hydrogen-bond donors (Lipinski definition) is 0. The Morgan fingerprint density at radius 1 is 1.38 bits per heavy atom. The molecule has 1 aromatic rings. The Hall–Kier alpha value is -0.863. The molecule has 2 heteroatoms. The van der Waals surface area contributed by atoms with Crippen molar-refractivity contribution in [2.75, 3.05) is 0 Å². The van der Waals surface area contributed by atoms with Crippen molar-refractivity contribution >= 4 is 15.1 Å². The summed E-state index contributed by atoms with van der Waals surface area (Å²) < 4.78 is 5.62. The molecule has 0 fully saturated rings. The number of hydrogen-bond acceptors (Lipinski definition) is 1. The zero-order valence-electron chi connectivity index (χ0n) is 8.21. The average Bonchev–Trinajstić information content (AvgIpc) is 2.15. The van der Waals surface area contributed by atoms with Crippen LogP contribution in [-0.4, -0.2) is 9.04 Å². The zero-order chi connectivity index (χ0) is 9.68. The van der Waals surface area contributed by atoms with Gasteiger partial charge in [-0.15, -0.1) is 0 Å². The van der Waals surface area contributed by atoms with Crippen LogP contribution in [0.5, 0.6) is 0 Å². The molecule has 1 radical (unpaired) electrons. The van der Waals surface area contributed by atoms with Gasteiger partial charge in [0, 0.05) is 0 Å². The Labute approximate surface area is 81.8 Å².